The molecular weight excluding hydrogens is 200 g/mol. The normalized spacial score (nSPS) is 10.6. The number of nitrogens with two attached hydrogens (primary N) is 1. The van der Waals surface area contributed by atoms with Crippen LogP contribution in [0.4, 0.5) is 5.82 Å². The van der Waals surface area contributed by atoms with Gasteiger partial charge in [0.2, 0.25) is 0 Å². The van der Waals surface area contributed by atoms with Gasteiger partial charge in [-0.15, -0.1) is 5.10 Å². The van der Waals surface area contributed by atoms with E-state index in [0.29, 0.717) is 5.82 Å². The van der Waals surface area contributed by atoms with Gasteiger partial charge in [0.15, 0.2) is 5.82 Å². The third kappa shape index (κ3) is 1.78. The Bertz CT molecular complexity index is 488. The summed E-state index contributed by atoms with van der Waals surface area (Å²) in [6, 6.07) is 8.28. The zero-order chi connectivity index (χ0) is 11.5. The standard InChI is InChI=1S/C12H16N4/c1-3-9-6-5-7-10(8-9)16-11(4-2)12(13)14-15-16/h5-8H,3-4,13H2,1-2H3. The summed E-state index contributed by atoms with van der Waals surface area (Å²) in [5.74, 6) is 0.518. The second kappa shape index (κ2) is 4.35. The maximum atomic E-state index is 5.77. The first-order chi connectivity index (χ1) is 7.76. The summed E-state index contributed by atoms with van der Waals surface area (Å²) >= 11 is 0. The Morgan fingerprint density at radius 3 is 2.75 bits per heavy atom. The minimum absolute atomic E-state index is 0.518. The van der Waals surface area contributed by atoms with Gasteiger partial charge < -0.3 is 5.73 Å². The number of anilines is 1. The van der Waals surface area contributed by atoms with Crippen molar-refractivity contribution in [2.24, 2.45) is 0 Å². The lowest BCUT2D eigenvalue weighted by molar-refractivity contribution is 0.766. The van der Waals surface area contributed by atoms with Gasteiger partial charge in [0.25, 0.3) is 0 Å². The van der Waals surface area contributed by atoms with E-state index in [0.717, 1.165) is 24.2 Å². The fraction of sp³-hybridized carbons (Fsp3) is 0.333. The fourth-order valence-electron chi connectivity index (χ4n) is 1.76. The number of aromatic nitrogens is 3. The van der Waals surface area contributed by atoms with Gasteiger partial charge in [-0.25, -0.2) is 4.68 Å². The smallest absolute Gasteiger partial charge is 0.169 e. The zero-order valence-corrected chi connectivity index (χ0v) is 9.64. The number of rotatable bonds is 3. The van der Waals surface area contributed by atoms with E-state index in [4.69, 9.17) is 5.73 Å². The Kier molecular flexibility index (Phi) is 2.90. The van der Waals surface area contributed by atoms with Gasteiger partial charge in [-0.2, -0.15) is 0 Å². The summed E-state index contributed by atoms with van der Waals surface area (Å²) in [6.07, 6.45) is 1.84. The lowest BCUT2D eigenvalue weighted by Gasteiger charge is -2.06. The van der Waals surface area contributed by atoms with Crippen LogP contribution in [-0.4, -0.2) is 15.0 Å². The van der Waals surface area contributed by atoms with Gasteiger partial charge in [0.05, 0.1) is 11.4 Å². The highest BCUT2D eigenvalue weighted by Gasteiger charge is 2.09. The molecule has 4 nitrogen and oxygen atoms in total. The van der Waals surface area contributed by atoms with Gasteiger partial charge in [-0.05, 0) is 30.5 Å². The summed E-state index contributed by atoms with van der Waals surface area (Å²) in [7, 11) is 0. The van der Waals surface area contributed by atoms with E-state index in [1.54, 1.807) is 0 Å². The Balaban J connectivity index is 2.49. The van der Waals surface area contributed by atoms with Crippen molar-refractivity contribution >= 4 is 5.82 Å². The van der Waals surface area contributed by atoms with Crippen LogP contribution in [0.5, 0.6) is 0 Å². The predicted molar refractivity (Wildman–Crippen MR) is 64.5 cm³/mol. The van der Waals surface area contributed by atoms with Crippen LogP contribution in [-0.2, 0) is 12.8 Å². The molecule has 0 unspecified atom stereocenters. The number of hydrogen-bond acceptors (Lipinski definition) is 3. The summed E-state index contributed by atoms with van der Waals surface area (Å²) in [6.45, 7) is 4.19. The SMILES string of the molecule is CCc1cccc(-n2nnc(N)c2CC)c1. The maximum Gasteiger partial charge on any atom is 0.169 e. The molecule has 0 aliphatic rings. The van der Waals surface area contributed by atoms with Crippen molar-refractivity contribution in [1.82, 2.24) is 15.0 Å². The first-order valence-corrected chi connectivity index (χ1v) is 5.55. The van der Waals surface area contributed by atoms with Crippen molar-refractivity contribution in [3.8, 4) is 5.69 Å². The molecule has 16 heavy (non-hydrogen) atoms. The van der Waals surface area contributed by atoms with E-state index in [-0.39, 0.29) is 0 Å². The molecule has 84 valence electrons. The molecule has 1 aromatic heterocycles. The first kappa shape index (κ1) is 10.7. The molecule has 1 aromatic carbocycles. The van der Waals surface area contributed by atoms with Crippen molar-refractivity contribution in [2.45, 2.75) is 26.7 Å². The van der Waals surface area contributed by atoms with Gasteiger partial charge in [0, 0.05) is 0 Å². The highest BCUT2D eigenvalue weighted by atomic mass is 15.4. The summed E-state index contributed by atoms with van der Waals surface area (Å²) in [5.41, 5.74) is 9.05. The monoisotopic (exact) mass is 216 g/mol. The molecule has 4 heteroatoms. The lowest BCUT2D eigenvalue weighted by Crippen LogP contribution is -2.03. The summed E-state index contributed by atoms with van der Waals surface area (Å²) in [5, 5.41) is 7.98. The van der Waals surface area contributed by atoms with Crippen LogP contribution in [0.3, 0.4) is 0 Å². The number of nitrogen functional groups attached to an aromatic ring is 1. The number of nitrogens with zero attached hydrogens (tertiary/aromatic N) is 3. The number of hydrogen-bond donors (Lipinski definition) is 1. The van der Waals surface area contributed by atoms with Crippen LogP contribution in [0.2, 0.25) is 0 Å². The molecular formula is C12H16N4. The van der Waals surface area contributed by atoms with Crippen LogP contribution >= 0.6 is 0 Å². The van der Waals surface area contributed by atoms with Crippen molar-refractivity contribution in [1.29, 1.82) is 0 Å². The first-order valence-electron chi connectivity index (χ1n) is 5.55. The van der Waals surface area contributed by atoms with E-state index < -0.39 is 0 Å². The molecule has 0 saturated heterocycles. The Labute approximate surface area is 95.1 Å². The minimum Gasteiger partial charge on any atom is -0.381 e. The molecule has 0 amide bonds. The Morgan fingerprint density at radius 2 is 2.06 bits per heavy atom. The van der Waals surface area contributed by atoms with Crippen LogP contribution in [0.15, 0.2) is 24.3 Å². The highest BCUT2D eigenvalue weighted by molar-refractivity contribution is 5.42. The summed E-state index contributed by atoms with van der Waals surface area (Å²) < 4.78 is 1.81. The van der Waals surface area contributed by atoms with E-state index in [1.807, 2.05) is 16.8 Å². The van der Waals surface area contributed by atoms with Crippen molar-refractivity contribution < 1.29 is 0 Å². The molecule has 0 spiro atoms. The second-order valence-electron chi connectivity index (χ2n) is 3.71. The maximum absolute atomic E-state index is 5.77. The Morgan fingerprint density at radius 1 is 1.25 bits per heavy atom. The van der Waals surface area contributed by atoms with E-state index in [2.05, 4.69) is 36.3 Å². The molecule has 0 fully saturated rings. The third-order valence-electron chi connectivity index (χ3n) is 2.69. The predicted octanol–water partition coefficient (Wildman–Crippen LogP) is 1.97. The van der Waals surface area contributed by atoms with Crippen LogP contribution in [0.25, 0.3) is 5.69 Å². The van der Waals surface area contributed by atoms with Gasteiger partial charge >= 0.3 is 0 Å². The van der Waals surface area contributed by atoms with E-state index >= 15 is 0 Å². The highest BCUT2D eigenvalue weighted by Crippen LogP contribution is 2.16. The van der Waals surface area contributed by atoms with Crippen LogP contribution in [0.1, 0.15) is 25.1 Å². The molecule has 0 aliphatic heterocycles. The van der Waals surface area contributed by atoms with Crippen molar-refractivity contribution in [2.75, 3.05) is 5.73 Å². The van der Waals surface area contributed by atoms with Crippen molar-refractivity contribution in [3.05, 3.63) is 35.5 Å². The van der Waals surface area contributed by atoms with Gasteiger partial charge in [-0.3, -0.25) is 0 Å². The molecule has 0 bridgehead atoms. The molecule has 0 radical (unpaired) electrons. The number of aryl methyl sites for hydroxylation is 1. The minimum atomic E-state index is 0.518. The molecule has 0 saturated carbocycles. The second-order valence-corrected chi connectivity index (χ2v) is 3.71. The quantitative estimate of drug-likeness (QED) is 0.853. The fourth-order valence-corrected chi connectivity index (χ4v) is 1.76. The molecule has 2 N–H and O–H groups in total. The molecule has 2 rings (SSSR count). The Hall–Kier alpha value is -1.84. The van der Waals surface area contributed by atoms with Crippen LogP contribution < -0.4 is 5.73 Å². The molecule has 2 aromatic rings. The number of benzene rings is 1. The van der Waals surface area contributed by atoms with E-state index in [9.17, 15) is 0 Å². The van der Waals surface area contributed by atoms with E-state index in [1.165, 1.54) is 5.56 Å². The molecule has 0 atom stereocenters. The molecule has 1 heterocycles. The van der Waals surface area contributed by atoms with Gasteiger partial charge in [-0.1, -0.05) is 31.2 Å². The largest absolute Gasteiger partial charge is 0.381 e. The lowest BCUT2D eigenvalue weighted by atomic mass is 10.1. The average Bonchev–Trinajstić information content (AvgIpc) is 2.70. The van der Waals surface area contributed by atoms with Gasteiger partial charge in [0.1, 0.15) is 0 Å². The topological polar surface area (TPSA) is 56.7 Å². The van der Waals surface area contributed by atoms with Crippen molar-refractivity contribution in [3.63, 3.8) is 0 Å². The average molecular weight is 216 g/mol. The van der Waals surface area contributed by atoms with Crippen LogP contribution in [0, 0.1) is 0 Å². The summed E-state index contributed by atoms with van der Waals surface area (Å²) in [4.78, 5) is 0. The third-order valence-corrected chi connectivity index (χ3v) is 2.69. The molecule has 0 aliphatic carbocycles. The zero-order valence-electron chi connectivity index (χ0n) is 9.64.